The number of hydrogen-bond donors (Lipinski definition) is 0. The van der Waals surface area contributed by atoms with Crippen LogP contribution in [0.5, 0.6) is 0 Å². The Morgan fingerprint density at radius 1 is 1.25 bits per heavy atom. The molecule has 0 aliphatic carbocycles. The van der Waals surface area contributed by atoms with Gasteiger partial charge < -0.3 is 4.57 Å². The van der Waals surface area contributed by atoms with E-state index in [0.29, 0.717) is 5.82 Å². The zero-order valence-corrected chi connectivity index (χ0v) is 13.1. The lowest BCUT2D eigenvalue weighted by Gasteiger charge is -2.36. The molecule has 2 rings (SSSR count). The summed E-state index contributed by atoms with van der Waals surface area (Å²) in [5.41, 5.74) is -0.457. The van der Waals surface area contributed by atoms with E-state index >= 15 is 0 Å². The van der Waals surface area contributed by atoms with E-state index in [1.807, 2.05) is 24.6 Å². The Morgan fingerprint density at radius 2 is 1.90 bits per heavy atom. The first-order valence-electron chi connectivity index (χ1n) is 7.88. The lowest BCUT2D eigenvalue weighted by molar-refractivity contribution is 0.0633. The fourth-order valence-corrected chi connectivity index (χ4v) is 2.99. The molecule has 0 spiro atoms. The Hall–Kier alpha value is -1.16. The Morgan fingerprint density at radius 3 is 2.50 bits per heavy atom. The average molecular weight is 277 g/mol. The number of likely N-dealkylation sites (tertiary alicyclic amines) is 1. The molecule has 1 aromatic heterocycles. The maximum absolute atomic E-state index is 12.9. The van der Waals surface area contributed by atoms with Crippen molar-refractivity contribution in [1.29, 1.82) is 0 Å². The van der Waals surface area contributed by atoms with Crippen LogP contribution in [0.25, 0.3) is 0 Å². The van der Waals surface area contributed by atoms with Gasteiger partial charge in [-0.15, -0.1) is 0 Å². The van der Waals surface area contributed by atoms with Crippen molar-refractivity contribution >= 4 is 5.78 Å². The molecular formula is C16H27N3O. The van der Waals surface area contributed by atoms with Crippen LogP contribution < -0.4 is 0 Å². The molecule has 2 heterocycles. The zero-order chi connectivity index (χ0) is 14.6. The molecule has 1 aliphatic rings. The highest BCUT2D eigenvalue weighted by atomic mass is 16.1. The summed E-state index contributed by atoms with van der Waals surface area (Å²) in [6, 6.07) is 0. The minimum atomic E-state index is -0.457. The van der Waals surface area contributed by atoms with Crippen LogP contribution in [0.2, 0.25) is 0 Å². The standard InChI is InChI=1S/C16H27N3O/c1-4-10-18-13-9-17-15(18)14(20)16(2,3)19-11-7-5-6-8-12-19/h9,13H,4-8,10-12H2,1-3H3. The molecule has 0 unspecified atom stereocenters. The minimum absolute atomic E-state index is 0.151. The van der Waals surface area contributed by atoms with E-state index in [4.69, 9.17) is 0 Å². The monoisotopic (exact) mass is 277 g/mol. The van der Waals surface area contributed by atoms with E-state index in [0.717, 1.165) is 26.1 Å². The summed E-state index contributed by atoms with van der Waals surface area (Å²) in [6.45, 7) is 9.11. The van der Waals surface area contributed by atoms with Crippen molar-refractivity contribution in [3.63, 3.8) is 0 Å². The van der Waals surface area contributed by atoms with Gasteiger partial charge in [0.1, 0.15) is 0 Å². The number of imidazole rings is 1. The number of carbonyl (C=O) groups excluding carboxylic acids is 1. The molecule has 4 heteroatoms. The topological polar surface area (TPSA) is 38.1 Å². The van der Waals surface area contributed by atoms with E-state index in [-0.39, 0.29) is 5.78 Å². The van der Waals surface area contributed by atoms with E-state index in [1.165, 1.54) is 25.7 Å². The van der Waals surface area contributed by atoms with Gasteiger partial charge in [-0.2, -0.15) is 0 Å². The van der Waals surface area contributed by atoms with Crippen molar-refractivity contribution < 1.29 is 4.79 Å². The van der Waals surface area contributed by atoms with Crippen molar-refractivity contribution in [2.24, 2.45) is 0 Å². The molecule has 20 heavy (non-hydrogen) atoms. The van der Waals surface area contributed by atoms with E-state index in [9.17, 15) is 4.79 Å². The Balaban J connectivity index is 2.18. The molecule has 0 atom stereocenters. The summed E-state index contributed by atoms with van der Waals surface area (Å²) in [5.74, 6) is 0.763. The third-order valence-electron chi connectivity index (χ3n) is 4.34. The van der Waals surface area contributed by atoms with Gasteiger partial charge in [-0.1, -0.05) is 19.8 Å². The maximum atomic E-state index is 12.9. The number of ketones is 1. The predicted molar refractivity (Wildman–Crippen MR) is 81.0 cm³/mol. The Bertz CT molecular complexity index is 442. The number of rotatable bonds is 5. The fourth-order valence-electron chi connectivity index (χ4n) is 2.99. The van der Waals surface area contributed by atoms with E-state index < -0.39 is 5.54 Å². The molecule has 0 saturated carbocycles. The molecule has 0 bridgehead atoms. The smallest absolute Gasteiger partial charge is 0.217 e. The zero-order valence-electron chi connectivity index (χ0n) is 13.1. The van der Waals surface area contributed by atoms with Gasteiger partial charge >= 0.3 is 0 Å². The number of Topliss-reactive ketones (excluding diaryl/α,β-unsaturated/α-hetero) is 1. The van der Waals surface area contributed by atoms with Gasteiger partial charge in [-0.3, -0.25) is 9.69 Å². The van der Waals surface area contributed by atoms with Gasteiger partial charge in [0.25, 0.3) is 0 Å². The lowest BCUT2D eigenvalue weighted by atomic mass is 9.95. The van der Waals surface area contributed by atoms with Crippen LogP contribution >= 0.6 is 0 Å². The molecule has 4 nitrogen and oxygen atoms in total. The highest BCUT2D eigenvalue weighted by Crippen LogP contribution is 2.24. The van der Waals surface area contributed by atoms with Gasteiger partial charge in [-0.25, -0.2) is 4.98 Å². The van der Waals surface area contributed by atoms with Crippen molar-refractivity contribution in [2.45, 2.75) is 65.0 Å². The van der Waals surface area contributed by atoms with Crippen LogP contribution in [-0.4, -0.2) is 38.9 Å². The highest BCUT2D eigenvalue weighted by molar-refractivity contribution is 6.00. The minimum Gasteiger partial charge on any atom is -0.328 e. The molecular weight excluding hydrogens is 250 g/mol. The SMILES string of the molecule is CCCn1ccnc1C(=O)C(C)(C)N1CCCCCC1. The first-order valence-corrected chi connectivity index (χ1v) is 7.88. The maximum Gasteiger partial charge on any atom is 0.217 e. The summed E-state index contributed by atoms with van der Waals surface area (Å²) in [7, 11) is 0. The molecule has 0 aromatic carbocycles. The molecule has 1 saturated heterocycles. The largest absolute Gasteiger partial charge is 0.328 e. The summed E-state index contributed by atoms with van der Waals surface area (Å²) >= 11 is 0. The molecule has 0 amide bonds. The number of aryl methyl sites for hydroxylation is 1. The summed E-state index contributed by atoms with van der Waals surface area (Å²) in [5, 5.41) is 0. The third-order valence-corrected chi connectivity index (χ3v) is 4.34. The number of aromatic nitrogens is 2. The first kappa shape index (κ1) is 15.2. The first-order chi connectivity index (χ1) is 9.57. The summed E-state index contributed by atoms with van der Waals surface area (Å²) < 4.78 is 1.99. The normalized spacial score (nSPS) is 17.9. The van der Waals surface area contributed by atoms with Crippen molar-refractivity contribution in [3.8, 4) is 0 Å². The third kappa shape index (κ3) is 3.11. The Labute approximate surface area is 122 Å². The molecule has 1 aromatic rings. The van der Waals surface area contributed by atoms with Gasteiger partial charge in [-0.05, 0) is 46.2 Å². The van der Waals surface area contributed by atoms with Crippen LogP contribution in [0.15, 0.2) is 12.4 Å². The predicted octanol–water partition coefficient (Wildman–Crippen LogP) is 3.13. The summed E-state index contributed by atoms with van der Waals surface area (Å²) in [4.78, 5) is 19.6. The second-order valence-corrected chi connectivity index (χ2v) is 6.23. The van der Waals surface area contributed by atoms with Crippen molar-refractivity contribution in [1.82, 2.24) is 14.5 Å². The molecule has 1 fully saturated rings. The van der Waals surface area contributed by atoms with Gasteiger partial charge in [0.15, 0.2) is 5.82 Å². The van der Waals surface area contributed by atoms with Crippen LogP contribution in [0.1, 0.15) is 63.5 Å². The number of hydrogen-bond acceptors (Lipinski definition) is 3. The van der Waals surface area contributed by atoms with Crippen molar-refractivity contribution in [2.75, 3.05) is 13.1 Å². The number of carbonyl (C=O) groups is 1. The van der Waals surface area contributed by atoms with Gasteiger partial charge in [0, 0.05) is 18.9 Å². The van der Waals surface area contributed by atoms with E-state index in [1.54, 1.807) is 6.20 Å². The molecule has 112 valence electrons. The molecule has 0 N–H and O–H groups in total. The van der Waals surface area contributed by atoms with E-state index in [2.05, 4.69) is 16.8 Å². The van der Waals surface area contributed by atoms with Crippen LogP contribution in [0.4, 0.5) is 0 Å². The molecule has 0 radical (unpaired) electrons. The van der Waals surface area contributed by atoms with Gasteiger partial charge in [0.05, 0.1) is 5.54 Å². The van der Waals surface area contributed by atoms with Crippen LogP contribution in [-0.2, 0) is 6.54 Å². The Kier molecular flexibility index (Phi) is 4.97. The number of nitrogens with zero attached hydrogens (tertiary/aromatic N) is 3. The van der Waals surface area contributed by atoms with Gasteiger partial charge in [0.2, 0.25) is 5.78 Å². The van der Waals surface area contributed by atoms with Crippen molar-refractivity contribution in [3.05, 3.63) is 18.2 Å². The average Bonchev–Trinajstić information content (AvgIpc) is 2.71. The fraction of sp³-hybridized carbons (Fsp3) is 0.750. The second-order valence-electron chi connectivity index (χ2n) is 6.23. The highest BCUT2D eigenvalue weighted by Gasteiger charge is 2.37. The van der Waals surface area contributed by atoms with Crippen LogP contribution in [0, 0.1) is 0 Å². The quantitative estimate of drug-likeness (QED) is 0.776. The van der Waals surface area contributed by atoms with Crippen LogP contribution in [0.3, 0.4) is 0 Å². The summed E-state index contributed by atoms with van der Waals surface area (Å²) in [6.07, 6.45) is 9.62. The molecule has 1 aliphatic heterocycles. The lowest BCUT2D eigenvalue weighted by Crippen LogP contribution is -2.51. The second kappa shape index (κ2) is 6.53.